The molecule has 0 aromatic heterocycles. The first-order valence-electron chi connectivity index (χ1n) is 17.9. The van der Waals surface area contributed by atoms with Crippen LogP contribution in [0.3, 0.4) is 0 Å². The lowest BCUT2D eigenvalue weighted by Crippen LogP contribution is -2.48. The molecule has 53 heavy (non-hydrogen) atoms. The first-order valence-corrected chi connectivity index (χ1v) is 17.9. The highest BCUT2D eigenvalue weighted by Gasteiger charge is 2.38. The second-order valence-corrected chi connectivity index (χ2v) is 14.0. The van der Waals surface area contributed by atoms with Crippen LogP contribution >= 0.6 is 0 Å². The van der Waals surface area contributed by atoms with E-state index < -0.39 is 23.8 Å². The molecule has 0 aliphatic carbocycles. The molecule has 2 aromatic carbocycles. The third kappa shape index (κ3) is 16.9. The minimum Gasteiger partial charge on any atom is -0.493 e. The van der Waals surface area contributed by atoms with E-state index in [0.29, 0.717) is 38.6 Å². The van der Waals surface area contributed by atoms with Gasteiger partial charge in [-0.3, -0.25) is 20.4 Å². The van der Waals surface area contributed by atoms with Crippen molar-refractivity contribution in [3.8, 4) is 16.9 Å². The van der Waals surface area contributed by atoms with E-state index in [1.807, 2.05) is 32.9 Å². The number of nitrogens with zero attached hydrogens (tertiary/aromatic N) is 2. The summed E-state index contributed by atoms with van der Waals surface area (Å²) in [5.74, 6) is -1.73. The summed E-state index contributed by atoms with van der Waals surface area (Å²) in [6.45, 7) is 13.1. The molecular formula is C38H56F3N5O7. The van der Waals surface area contributed by atoms with Gasteiger partial charge in [-0.2, -0.15) is 13.2 Å². The van der Waals surface area contributed by atoms with Crippen molar-refractivity contribution in [3.05, 3.63) is 53.6 Å². The zero-order valence-electron chi connectivity index (χ0n) is 31.5. The molecule has 0 unspecified atom stereocenters. The number of aliphatic carboxylic acids is 1. The van der Waals surface area contributed by atoms with Gasteiger partial charge in [-0.25, -0.2) is 9.59 Å². The van der Waals surface area contributed by atoms with Crippen molar-refractivity contribution in [2.45, 2.75) is 90.9 Å². The number of guanidine groups is 1. The van der Waals surface area contributed by atoms with E-state index in [4.69, 9.17) is 24.8 Å². The second-order valence-electron chi connectivity index (χ2n) is 14.0. The lowest BCUT2D eigenvalue weighted by Gasteiger charge is -2.39. The smallest absolute Gasteiger partial charge is 0.490 e. The number of aryl methyl sites for hydroxylation is 1. The molecule has 15 heteroatoms. The number of unbranched alkanes of at least 4 members (excludes halogenated alkanes) is 1. The third-order valence-corrected chi connectivity index (χ3v) is 8.64. The predicted molar refractivity (Wildman–Crippen MR) is 197 cm³/mol. The number of halogens is 3. The average Bonchev–Trinajstić information content (AvgIpc) is 3.08. The Labute approximate surface area is 310 Å². The third-order valence-electron chi connectivity index (χ3n) is 8.64. The fourth-order valence-corrected chi connectivity index (χ4v) is 5.63. The van der Waals surface area contributed by atoms with Crippen LogP contribution < -0.4 is 15.4 Å². The normalized spacial score (nSPS) is 13.7. The molecule has 5 N–H and O–H groups in total. The number of methoxy groups -OCH3 is 1. The molecule has 1 fully saturated rings. The Bertz CT molecular complexity index is 1460. The van der Waals surface area contributed by atoms with Crippen LogP contribution in [-0.2, 0) is 27.3 Å². The number of hydrogen-bond donors (Lipinski definition) is 5. The summed E-state index contributed by atoms with van der Waals surface area (Å²) < 4.78 is 43.1. The number of hydrogen-bond acceptors (Lipinski definition) is 7. The van der Waals surface area contributed by atoms with Gasteiger partial charge in [0.15, 0.2) is 5.96 Å². The number of rotatable bonds is 16. The summed E-state index contributed by atoms with van der Waals surface area (Å²) in [6.07, 6.45) is -0.362. The summed E-state index contributed by atoms with van der Waals surface area (Å²) in [6, 6.07) is 14.7. The molecule has 3 rings (SSSR count). The van der Waals surface area contributed by atoms with Gasteiger partial charge in [-0.05, 0) is 88.2 Å². The van der Waals surface area contributed by atoms with E-state index in [2.05, 4.69) is 52.8 Å². The number of benzene rings is 2. The van der Waals surface area contributed by atoms with Crippen molar-refractivity contribution in [1.29, 1.82) is 5.41 Å². The SMILES string of the molecule is CCCCNC(=N)NC(=O)CCc1ccc(-c2ccc(CN3CCC(CN(C(=O)O)C(C)(C)C)CC3)cc2)c(OCCCOC)c1.O=C(O)C(F)(F)F. The molecule has 1 heterocycles. The maximum atomic E-state index is 12.4. The van der Waals surface area contributed by atoms with Crippen LogP contribution in [0.15, 0.2) is 42.5 Å². The van der Waals surface area contributed by atoms with Gasteiger partial charge < -0.3 is 29.9 Å². The number of amides is 2. The molecule has 0 radical (unpaired) electrons. The first kappa shape index (κ1) is 44.8. The molecule has 0 spiro atoms. The molecule has 1 aliphatic heterocycles. The number of nitrogens with one attached hydrogen (secondary N) is 3. The molecule has 0 bridgehead atoms. The number of carboxylic acid groups (broad SMARTS) is 2. The van der Waals surface area contributed by atoms with Gasteiger partial charge in [0.25, 0.3) is 0 Å². The van der Waals surface area contributed by atoms with Crippen molar-refractivity contribution in [2.24, 2.45) is 5.92 Å². The van der Waals surface area contributed by atoms with Gasteiger partial charge >= 0.3 is 18.2 Å². The number of piperidine rings is 1. The van der Waals surface area contributed by atoms with Crippen LogP contribution in [0.2, 0.25) is 0 Å². The van der Waals surface area contributed by atoms with Gasteiger partial charge in [0.2, 0.25) is 5.91 Å². The Hall–Kier alpha value is -4.37. The highest BCUT2D eigenvalue weighted by molar-refractivity contribution is 5.95. The Morgan fingerprint density at radius 3 is 2.15 bits per heavy atom. The highest BCUT2D eigenvalue weighted by Crippen LogP contribution is 2.32. The van der Waals surface area contributed by atoms with Crippen LogP contribution in [0, 0.1) is 11.3 Å². The fourth-order valence-electron chi connectivity index (χ4n) is 5.63. The Balaban J connectivity index is 0.00000126. The number of carboxylic acids is 1. The largest absolute Gasteiger partial charge is 0.493 e. The molecule has 2 amide bonds. The monoisotopic (exact) mass is 751 g/mol. The van der Waals surface area contributed by atoms with Crippen LogP contribution in [0.1, 0.15) is 77.3 Å². The van der Waals surface area contributed by atoms with Crippen LogP contribution in [0.25, 0.3) is 11.1 Å². The number of carbonyl (C=O) groups excluding carboxylic acids is 1. The molecule has 0 atom stereocenters. The minimum atomic E-state index is -5.08. The van der Waals surface area contributed by atoms with E-state index in [1.165, 1.54) is 5.56 Å². The first-order chi connectivity index (χ1) is 24.9. The van der Waals surface area contributed by atoms with Crippen molar-refractivity contribution in [2.75, 3.05) is 46.5 Å². The van der Waals surface area contributed by atoms with Crippen molar-refractivity contribution in [1.82, 2.24) is 20.4 Å². The van der Waals surface area contributed by atoms with Gasteiger partial charge in [0.05, 0.1) is 6.61 Å². The summed E-state index contributed by atoms with van der Waals surface area (Å²) in [5.41, 5.74) is 3.91. The Morgan fingerprint density at radius 1 is 0.981 bits per heavy atom. The molecule has 1 saturated heterocycles. The average molecular weight is 752 g/mol. The molecule has 12 nitrogen and oxygen atoms in total. The molecule has 0 saturated carbocycles. The number of likely N-dealkylation sites (tertiary alicyclic amines) is 1. The number of alkyl halides is 3. The summed E-state index contributed by atoms with van der Waals surface area (Å²) in [4.78, 5) is 37.1. The maximum absolute atomic E-state index is 12.4. The van der Waals surface area contributed by atoms with Gasteiger partial charge in [-0.1, -0.05) is 49.7 Å². The Kier molecular flexibility index (Phi) is 18.6. The van der Waals surface area contributed by atoms with Crippen molar-refractivity contribution >= 4 is 23.9 Å². The molecule has 2 aromatic rings. The van der Waals surface area contributed by atoms with Crippen molar-refractivity contribution < 1.29 is 47.2 Å². The van der Waals surface area contributed by atoms with Gasteiger partial charge in [0.1, 0.15) is 5.75 Å². The standard InChI is InChI=1S/C36H55N5O5.C2HF3O2/c1-6-7-19-38-34(37)39-33(42)16-12-27-11-15-31(32(24-27)46-23-8-22-45-5)30-13-9-28(10-14-30)25-40-20-17-29(18-21-40)26-41(35(43)44)36(2,3)4;3-2(4,5)1(6)7/h9-11,13-15,24,29H,6-8,12,16-23,25-26H2,1-5H3,(H,43,44)(H3,37,38,39,42);(H,6,7). The van der Waals surface area contributed by atoms with Crippen molar-refractivity contribution in [3.63, 3.8) is 0 Å². The zero-order chi connectivity index (χ0) is 39.6. The van der Waals surface area contributed by atoms with E-state index in [1.54, 1.807) is 12.0 Å². The molecule has 1 aliphatic rings. The van der Waals surface area contributed by atoms with Gasteiger partial charge in [0, 0.05) is 57.3 Å². The van der Waals surface area contributed by atoms with Crippen LogP contribution in [0.4, 0.5) is 18.0 Å². The second kappa shape index (κ2) is 22.0. The quantitative estimate of drug-likeness (QED) is 0.0708. The maximum Gasteiger partial charge on any atom is 0.490 e. The summed E-state index contributed by atoms with van der Waals surface area (Å²) in [5, 5.41) is 30.2. The Morgan fingerprint density at radius 2 is 1.60 bits per heavy atom. The lowest BCUT2D eigenvalue weighted by molar-refractivity contribution is -0.192. The topological polar surface area (TPSA) is 165 Å². The van der Waals surface area contributed by atoms with E-state index in [-0.39, 0.29) is 18.3 Å². The minimum absolute atomic E-state index is 0.0482. The number of ether oxygens (including phenoxy) is 2. The van der Waals surface area contributed by atoms with Gasteiger partial charge in [-0.15, -0.1) is 0 Å². The summed E-state index contributed by atoms with van der Waals surface area (Å²) >= 11 is 0. The van der Waals surface area contributed by atoms with E-state index in [0.717, 1.165) is 74.2 Å². The predicted octanol–water partition coefficient (Wildman–Crippen LogP) is 6.77. The fraction of sp³-hybridized carbons (Fsp3) is 0.579. The van der Waals surface area contributed by atoms with E-state index in [9.17, 15) is 27.9 Å². The van der Waals surface area contributed by atoms with Crippen LogP contribution in [0.5, 0.6) is 5.75 Å². The number of carbonyl (C=O) groups is 3. The zero-order valence-corrected chi connectivity index (χ0v) is 31.5. The van der Waals surface area contributed by atoms with Crippen LogP contribution in [-0.4, -0.2) is 102 Å². The summed E-state index contributed by atoms with van der Waals surface area (Å²) in [7, 11) is 1.68. The highest BCUT2D eigenvalue weighted by atomic mass is 19.4. The van der Waals surface area contributed by atoms with E-state index >= 15 is 0 Å². The molecule has 296 valence electrons. The molecular weight excluding hydrogens is 695 g/mol. The lowest BCUT2D eigenvalue weighted by atomic mass is 9.93.